The monoisotopic (exact) mass is 360 g/mol. The first-order chi connectivity index (χ1) is 11.9. The number of rotatable bonds is 6. The highest BCUT2D eigenvalue weighted by molar-refractivity contribution is 7.90. The minimum Gasteiger partial charge on any atom is -0.492 e. The number of ether oxygens (including phenoxy) is 1. The molecule has 2 atom stereocenters. The van der Waals surface area contributed by atoms with Gasteiger partial charge in [0.25, 0.3) is 0 Å². The summed E-state index contributed by atoms with van der Waals surface area (Å²) in [5.74, 6) is 0.917. The van der Waals surface area contributed by atoms with Gasteiger partial charge in [-0.05, 0) is 23.8 Å². The summed E-state index contributed by atoms with van der Waals surface area (Å²) in [6.07, 6.45) is 1.20. The maximum atomic E-state index is 11.6. The highest BCUT2D eigenvalue weighted by Gasteiger charge is 2.30. The van der Waals surface area contributed by atoms with E-state index in [0.717, 1.165) is 19.6 Å². The Hall–Kier alpha value is -1.89. The topological polar surface area (TPSA) is 72.6 Å². The van der Waals surface area contributed by atoms with E-state index in [9.17, 15) is 8.42 Å². The molecule has 3 rings (SSSR count). The molecule has 0 unspecified atom stereocenters. The summed E-state index contributed by atoms with van der Waals surface area (Å²) < 4.78 is 28.9. The van der Waals surface area contributed by atoms with Crippen LogP contribution in [-0.4, -0.2) is 51.9 Å². The molecule has 6 heteroatoms. The van der Waals surface area contributed by atoms with Gasteiger partial charge in [-0.25, -0.2) is 8.42 Å². The van der Waals surface area contributed by atoms with Crippen molar-refractivity contribution >= 4 is 9.84 Å². The second kappa shape index (κ2) is 7.56. The Labute approximate surface area is 149 Å². The standard InChI is InChI=1S/C19H24N2O3S/c1-25(22,23)17-9-5-8-16(12-17)24-11-10-21-13-18(19(20)14-21)15-6-3-2-4-7-15/h2-9,12,18-19H,10-11,13-14,20H2,1H3/t18-,19+/m0/s1. The highest BCUT2D eigenvalue weighted by atomic mass is 32.2. The lowest BCUT2D eigenvalue weighted by molar-refractivity contribution is 0.234. The first-order valence-electron chi connectivity index (χ1n) is 8.39. The fourth-order valence-electron chi connectivity index (χ4n) is 3.24. The lowest BCUT2D eigenvalue weighted by Gasteiger charge is -2.16. The average molecular weight is 360 g/mol. The summed E-state index contributed by atoms with van der Waals surface area (Å²) in [6, 6.07) is 17.1. The van der Waals surface area contributed by atoms with Crippen LogP contribution in [0.4, 0.5) is 0 Å². The molecule has 1 saturated heterocycles. The van der Waals surface area contributed by atoms with Gasteiger partial charge in [-0.2, -0.15) is 0 Å². The number of sulfone groups is 1. The maximum Gasteiger partial charge on any atom is 0.175 e. The van der Waals surface area contributed by atoms with Crippen LogP contribution in [0, 0.1) is 0 Å². The van der Waals surface area contributed by atoms with Crippen molar-refractivity contribution in [2.45, 2.75) is 16.9 Å². The second-order valence-corrected chi connectivity index (χ2v) is 8.55. The predicted molar refractivity (Wildman–Crippen MR) is 98.6 cm³/mol. The first kappa shape index (κ1) is 17.9. The van der Waals surface area contributed by atoms with Crippen molar-refractivity contribution in [3.8, 4) is 5.75 Å². The van der Waals surface area contributed by atoms with Crippen LogP contribution >= 0.6 is 0 Å². The van der Waals surface area contributed by atoms with Gasteiger partial charge in [0.15, 0.2) is 9.84 Å². The van der Waals surface area contributed by atoms with E-state index in [1.54, 1.807) is 24.3 Å². The Kier molecular flexibility index (Phi) is 5.42. The van der Waals surface area contributed by atoms with E-state index in [1.807, 2.05) is 18.2 Å². The van der Waals surface area contributed by atoms with Gasteiger partial charge in [0.05, 0.1) is 4.90 Å². The van der Waals surface area contributed by atoms with Crippen LogP contribution in [0.2, 0.25) is 0 Å². The van der Waals surface area contributed by atoms with Crippen LogP contribution in [0.15, 0.2) is 59.5 Å². The Morgan fingerprint density at radius 1 is 1.12 bits per heavy atom. The van der Waals surface area contributed by atoms with Crippen LogP contribution in [-0.2, 0) is 9.84 Å². The Bertz CT molecular complexity index is 808. The van der Waals surface area contributed by atoms with Crippen molar-refractivity contribution in [3.63, 3.8) is 0 Å². The van der Waals surface area contributed by atoms with Crippen molar-refractivity contribution in [2.75, 3.05) is 32.5 Å². The van der Waals surface area contributed by atoms with Crippen LogP contribution in [0.25, 0.3) is 0 Å². The number of likely N-dealkylation sites (tertiary alicyclic amines) is 1. The molecule has 25 heavy (non-hydrogen) atoms. The number of hydrogen-bond donors (Lipinski definition) is 1. The molecule has 0 aliphatic carbocycles. The molecule has 134 valence electrons. The molecule has 2 N–H and O–H groups in total. The number of benzene rings is 2. The van der Waals surface area contributed by atoms with Gasteiger partial charge in [0.1, 0.15) is 12.4 Å². The summed E-state index contributed by atoms with van der Waals surface area (Å²) in [6.45, 7) is 3.02. The lowest BCUT2D eigenvalue weighted by Crippen LogP contribution is -2.30. The summed E-state index contributed by atoms with van der Waals surface area (Å²) in [7, 11) is -3.22. The molecule has 0 aromatic heterocycles. The normalized spacial score (nSPS) is 21.4. The van der Waals surface area contributed by atoms with Crippen molar-refractivity contribution < 1.29 is 13.2 Å². The van der Waals surface area contributed by atoms with Gasteiger partial charge in [0.2, 0.25) is 0 Å². The quantitative estimate of drug-likeness (QED) is 0.852. The number of nitrogens with zero attached hydrogens (tertiary/aromatic N) is 1. The second-order valence-electron chi connectivity index (χ2n) is 6.54. The summed E-state index contributed by atoms with van der Waals surface area (Å²) in [5.41, 5.74) is 7.58. The third-order valence-electron chi connectivity index (χ3n) is 4.58. The number of hydrogen-bond acceptors (Lipinski definition) is 5. The summed E-state index contributed by atoms with van der Waals surface area (Å²) >= 11 is 0. The molecule has 1 aliphatic heterocycles. The molecule has 5 nitrogen and oxygen atoms in total. The molecule has 0 radical (unpaired) electrons. The molecule has 0 saturated carbocycles. The molecule has 1 fully saturated rings. The SMILES string of the molecule is CS(=O)(=O)c1cccc(OCCN2C[C@@H](N)[C@H](c3ccccc3)C2)c1. The minimum absolute atomic E-state index is 0.121. The van der Waals surface area contributed by atoms with Gasteiger partial charge >= 0.3 is 0 Å². The Morgan fingerprint density at radius 3 is 2.60 bits per heavy atom. The third kappa shape index (κ3) is 4.60. The van der Waals surface area contributed by atoms with E-state index < -0.39 is 9.84 Å². The zero-order chi connectivity index (χ0) is 17.9. The molecule has 0 amide bonds. The molecule has 2 aromatic rings. The fourth-order valence-corrected chi connectivity index (χ4v) is 3.89. The van der Waals surface area contributed by atoms with E-state index in [1.165, 1.54) is 11.8 Å². The van der Waals surface area contributed by atoms with Gasteiger partial charge < -0.3 is 10.5 Å². The Balaban J connectivity index is 1.53. The molecule has 0 spiro atoms. The van der Waals surface area contributed by atoms with Gasteiger partial charge in [-0.15, -0.1) is 0 Å². The highest BCUT2D eigenvalue weighted by Crippen LogP contribution is 2.26. The van der Waals surface area contributed by atoms with Crippen molar-refractivity contribution in [1.29, 1.82) is 0 Å². The smallest absolute Gasteiger partial charge is 0.175 e. The summed E-state index contributed by atoms with van der Waals surface area (Å²) in [5, 5.41) is 0. The van der Waals surface area contributed by atoms with Crippen LogP contribution in [0.3, 0.4) is 0 Å². The number of nitrogens with two attached hydrogens (primary N) is 1. The van der Waals surface area contributed by atoms with E-state index >= 15 is 0 Å². The van der Waals surface area contributed by atoms with Gasteiger partial charge in [-0.1, -0.05) is 36.4 Å². The lowest BCUT2D eigenvalue weighted by atomic mass is 9.95. The van der Waals surface area contributed by atoms with E-state index in [2.05, 4.69) is 17.0 Å². The molecule has 0 bridgehead atoms. The van der Waals surface area contributed by atoms with Crippen molar-refractivity contribution in [2.24, 2.45) is 5.73 Å². The van der Waals surface area contributed by atoms with Crippen LogP contribution in [0.5, 0.6) is 5.75 Å². The zero-order valence-corrected chi connectivity index (χ0v) is 15.2. The molecule has 2 aromatic carbocycles. The Morgan fingerprint density at radius 2 is 1.88 bits per heavy atom. The van der Waals surface area contributed by atoms with Gasteiger partial charge in [0, 0.05) is 37.8 Å². The maximum absolute atomic E-state index is 11.6. The van der Waals surface area contributed by atoms with E-state index in [4.69, 9.17) is 10.5 Å². The predicted octanol–water partition coefficient (Wildman–Crippen LogP) is 1.90. The molecular weight excluding hydrogens is 336 g/mol. The largest absolute Gasteiger partial charge is 0.492 e. The average Bonchev–Trinajstić information content (AvgIpc) is 2.96. The molecule has 1 aliphatic rings. The van der Waals surface area contributed by atoms with Crippen LogP contribution < -0.4 is 10.5 Å². The van der Waals surface area contributed by atoms with E-state index in [0.29, 0.717) is 18.3 Å². The first-order valence-corrected chi connectivity index (χ1v) is 10.3. The summed E-state index contributed by atoms with van der Waals surface area (Å²) in [4.78, 5) is 2.57. The van der Waals surface area contributed by atoms with Crippen molar-refractivity contribution in [1.82, 2.24) is 4.90 Å². The van der Waals surface area contributed by atoms with Gasteiger partial charge in [-0.3, -0.25) is 4.90 Å². The fraction of sp³-hybridized carbons (Fsp3) is 0.368. The van der Waals surface area contributed by atoms with Crippen molar-refractivity contribution in [3.05, 3.63) is 60.2 Å². The van der Waals surface area contributed by atoms with Crippen LogP contribution in [0.1, 0.15) is 11.5 Å². The third-order valence-corrected chi connectivity index (χ3v) is 5.69. The van der Waals surface area contributed by atoms with E-state index in [-0.39, 0.29) is 10.9 Å². The minimum atomic E-state index is -3.22. The molecule has 1 heterocycles. The molecular formula is C19H24N2O3S. The zero-order valence-electron chi connectivity index (χ0n) is 14.3.